The lowest BCUT2D eigenvalue weighted by molar-refractivity contribution is -0.123. The summed E-state index contributed by atoms with van der Waals surface area (Å²) in [5, 5.41) is 0. The average Bonchev–Trinajstić information content (AvgIpc) is 2.68. The molecule has 3 nitrogen and oxygen atoms in total. The van der Waals surface area contributed by atoms with Gasteiger partial charge in [-0.15, -0.1) is 39.5 Å². The fraction of sp³-hybridized carbons (Fsp3) is 0.478. The van der Waals surface area contributed by atoms with E-state index in [9.17, 15) is 0 Å². The topological polar surface area (TPSA) is 27.7 Å². The van der Waals surface area contributed by atoms with Crippen LogP contribution in [0.25, 0.3) is 0 Å². The molecule has 7 heteroatoms. The third kappa shape index (κ3) is 11.5. The van der Waals surface area contributed by atoms with E-state index in [4.69, 9.17) is 13.3 Å². The minimum atomic E-state index is -1.58. The van der Waals surface area contributed by atoms with E-state index in [2.05, 4.69) is 46.4 Å². The van der Waals surface area contributed by atoms with E-state index in [0.29, 0.717) is 0 Å². The van der Waals surface area contributed by atoms with Crippen molar-refractivity contribution in [2.24, 2.45) is 0 Å². The van der Waals surface area contributed by atoms with Crippen LogP contribution in [0.4, 0.5) is 0 Å². The molecule has 0 spiro atoms. The smallest absolute Gasteiger partial charge is 0.187 e. The van der Waals surface area contributed by atoms with Gasteiger partial charge in [0.15, 0.2) is 27.1 Å². The maximum absolute atomic E-state index is 6.86. The summed E-state index contributed by atoms with van der Waals surface area (Å²) in [6.07, 6.45) is 13.7. The molecule has 0 aliphatic heterocycles. The molecule has 0 heterocycles. The molecule has 0 aromatic heterocycles. The van der Waals surface area contributed by atoms with Crippen molar-refractivity contribution >= 4 is 37.4 Å². The number of allylic oxidation sites excluding steroid dienone is 6. The third-order valence-electron chi connectivity index (χ3n) is 4.87. The monoisotopic (exact) mass is 480 g/mol. The Morgan fingerprint density at radius 1 is 0.700 bits per heavy atom. The van der Waals surface area contributed by atoms with Crippen molar-refractivity contribution in [1.29, 1.82) is 0 Å². The van der Waals surface area contributed by atoms with Gasteiger partial charge in [0.25, 0.3) is 0 Å². The van der Waals surface area contributed by atoms with Gasteiger partial charge in [-0.1, -0.05) is 49.8 Å². The summed E-state index contributed by atoms with van der Waals surface area (Å²) in [5.74, 6) is 0. The molecule has 0 aromatic carbocycles. The first kappa shape index (κ1) is 29.2. The lowest BCUT2D eigenvalue weighted by Gasteiger charge is -2.44. The van der Waals surface area contributed by atoms with Crippen LogP contribution in [0.1, 0.15) is 19.8 Å². The van der Waals surface area contributed by atoms with Crippen LogP contribution in [0, 0.1) is 0 Å². The van der Waals surface area contributed by atoms with Gasteiger partial charge in [0.05, 0.1) is 16.3 Å². The van der Waals surface area contributed by atoms with Crippen LogP contribution in [-0.2, 0) is 13.3 Å². The first-order valence-corrected chi connectivity index (χ1v) is 18.4. The van der Waals surface area contributed by atoms with Gasteiger partial charge in [-0.2, -0.15) is 0 Å². The highest BCUT2D eigenvalue weighted by Crippen LogP contribution is 2.29. The zero-order chi connectivity index (χ0) is 22.8. The highest BCUT2D eigenvalue weighted by Gasteiger charge is 2.40. The van der Waals surface area contributed by atoms with E-state index in [1.807, 2.05) is 36.5 Å². The van der Waals surface area contributed by atoms with Crippen molar-refractivity contribution in [2.45, 2.75) is 67.5 Å². The van der Waals surface area contributed by atoms with E-state index in [1.54, 1.807) is 0 Å². The highest BCUT2D eigenvalue weighted by atomic mass is 28.3. The van der Waals surface area contributed by atoms with Gasteiger partial charge in [-0.25, -0.2) is 0 Å². The second-order valence-corrected chi connectivity index (χ2v) is 16.4. The Morgan fingerprint density at radius 2 is 1.03 bits per heavy atom. The zero-order valence-electron chi connectivity index (χ0n) is 19.4. The summed E-state index contributed by atoms with van der Waals surface area (Å²) in [5.41, 5.74) is -0.643. The highest BCUT2D eigenvalue weighted by molar-refractivity contribution is 6.55. The summed E-state index contributed by atoms with van der Waals surface area (Å²) in [6.45, 7) is 25.8. The van der Waals surface area contributed by atoms with Crippen molar-refractivity contribution in [3.8, 4) is 0 Å². The minimum absolute atomic E-state index is 0.0556. The predicted octanol–water partition coefficient (Wildman–Crippen LogP) is 4.51. The number of rotatable bonds is 21. The number of hydrogen-bond donors (Lipinski definition) is 0. The van der Waals surface area contributed by atoms with Gasteiger partial charge in [0, 0.05) is 0 Å². The van der Waals surface area contributed by atoms with Crippen LogP contribution in [-0.4, -0.2) is 48.9 Å². The Hall–Kier alpha value is -0.812. The molecule has 0 bridgehead atoms. The first-order chi connectivity index (χ1) is 14.4. The molecule has 0 N–H and O–H groups in total. The lowest BCUT2D eigenvalue weighted by atomic mass is 10.2. The second-order valence-electron chi connectivity index (χ2n) is 7.68. The summed E-state index contributed by atoms with van der Waals surface area (Å²) in [4.78, 5) is 0. The number of hydrogen-bond acceptors (Lipinski definition) is 3. The zero-order valence-corrected chi connectivity index (χ0v) is 24.9. The predicted molar refractivity (Wildman–Crippen MR) is 146 cm³/mol. The summed E-state index contributed by atoms with van der Waals surface area (Å²) >= 11 is 0. The van der Waals surface area contributed by atoms with Crippen molar-refractivity contribution in [1.82, 2.24) is 0 Å². The Balaban J connectivity index is 5.96. The summed E-state index contributed by atoms with van der Waals surface area (Å²) < 4.78 is 20.5. The van der Waals surface area contributed by atoms with E-state index in [-0.39, 0.29) is 6.10 Å². The summed E-state index contributed by atoms with van der Waals surface area (Å²) in [6, 6.07) is 5.43. The van der Waals surface area contributed by atoms with Crippen LogP contribution in [0.15, 0.2) is 75.9 Å². The van der Waals surface area contributed by atoms with E-state index < -0.39 is 32.5 Å². The molecule has 0 radical (unpaired) electrons. The molecule has 0 saturated carbocycles. The van der Waals surface area contributed by atoms with Crippen LogP contribution in [0.3, 0.4) is 0 Å². The molecule has 1 atom stereocenters. The average molecular weight is 481 g/mol. The molecule has 30 heavy (non-hydrogen) atoms. The molecule has 0 saturated heterocycles. The van der Waals surface area contributed by atoms with Crippen LogP contribution < -0.4 is 0 Å². The molecule has 0 aliphatic carbocycles. The van der Waals surface area contributed by atoms with Crippen LogP contribution >= 0.6 is 0 Å². The Labute approximate surface area is 193 Å². The largest absolute Gasteiger partial charge is 0.412 e. The third-order valence-corrected chi connectivity index (χ3v) is 14.4. The maximum atomic E-state index is 6.86. The Bertz CT molecular complexity index is 483. The molecule has 0 amide bonds. The van der Waals surface area contributed by atoms with Crippen LogP contribution in [0.5, 0.6) is 0 Å². The van der Waals surface area contributed by atoms with Gasteiger partial charge < -0.3 is 13.3 Å². The molecule has 1 unspecified atom stereocenters. The molecular weight excluding hydrogens is 437 g/mol. The lowest BCUT2D eigenvalue weighted by Crippen LogP contribution is -2.56. The van der Waals surface area contributed by atoms with Gasteiger partial charge in [-0.3, -0.25) is 0 Å². The molecule has 0 aromatic rings. The molecule has 170 valence electrons. The first-order valence-electron chi connectivity index (χ1n) is 11.1. The van der Waals surface area contributed by atoms with E-state index >= 15 is 0 Å². The molecule has 0 rings (SSSR count). The van der Waals surface area contributed by atoms with Gasteiger partial charge >= 0.3 is 0 Å². The van der Waals surface area contributed by atoms with Crippen molar-refractivity contribution in [3.63, 3.8) is 0 Å². The Kier molecular flexibility index (Phi) is 17.3. The Morgan fingerprint density at radius 3 is 1.33 bits per heavy atom. The molecular formula is C23H44O3Si4. The van der Waals surface area contributed by atoms with Crippen LogP contribution in [0.2, 0.25) is 36.3 Å². The fourth-order valence-electron chi connectivity index (χ4n) is 3.50. The van der Waals surface area contributed by atoms with Crippen molar-refractivity contribution in [3.05, 3.63) is 75.9 Å². The van der Waals surface area contributed by atoms with Gasteiger partial charge in [0.2, 0.25) is 0 Å². The van der Waals surface area contributed by atoms with Gasteiger partial charge in [-0.05, 0) is 42.7 Å². The minimum Gasteiger partial charge on any atom is -0.412 e. The molecule has 0 fully saturated rings. The normalized spacial score (nSPS) is 12.8. The summed E-state index contributed by atoms with van der Waals surface area (Å²) in [7, 11) is -3.92. The SMILES string of the molecule is C=CC[SiH](CC=C)OC(CCC)C([SiH3])(O[SiH](CC=C)CC=C)O[SiH](CC=C)CC=C. The van der Waals surface area contributed by atoms with E-state index in [0.717, 1.165) is 59.3 Å². The standard InChI is InChI=1S/C23H44O3Si4/c1-8-15-22(24-28(16-9-2)17-10-3)23(27,25-29(18-11-4)19-12-5)26-30(20-13-6)21-14-7/h9-14,22,28-30H,2-8,15-21H2,1,27H3. The quantitative estimate of drug-likeness (QED) is 0.137. The van der Waals surface area contributed by atoms with E-state index in [1.165, 1.54) is 0 Å². The molecule has 0 aliphatic rings. The van der Waals surface area contributed by atoms with Crippen molar-refractivity contribution < 1.29 is 13.3 Å². The second kappa shape index (κ2) is 17.8. The maximum Gasteiger partial charge on any atom is 0.187 e. The fourth-order valence-corrected chi connectivity index (χ4v) is 12.3. The van der Waals surface area contributed by atoms with Crippen molar-refractivity contribution in [2.75, 3.05) is 0 Å². The van der Waals surface area contributed by atoms with Gasteiger partial charge in [0.1, 0.15) is 5.41 Å².